The maximum absolute atomic E-state index is 9.94. The van der Waals surface area contributed by atoms with Crippen LogP contribution < -0.4 is 5.73 Å². The Morgan fingerprint density at radius 3 is 2.60 bits per heavy atom. The molecule has 10 heavy (non-hydrogen) atoms. The van der Waals surface area contributed by atoms with Crippen molar-refractivity contribution >= 4 is 29.8 Å². The van der Waals surface area contributed by atoms with E-state index in [0.29, 0.717) is 12.5 Å². The van der Waals surface area contributed by atoms with Crippen LogP contribution in [-0.4, -0.2) is 22.7 Å². The van der Waals surface area contributed by atoms with Crippen molar-refractivity contribution in [3.8, 4) is 0 Å². The van der Waals surface area contributed by atoms with Crippen LogP contribution in [-0.2, 0) is 4.79 Å². The number of rotatable bonds is 2. The average Bonchev–Trinajstić information content (AvgIpc) is 1.90. The van der Waals surface area contributed by atoms with Crippen LogP contribution in [0.4, 0.5) is 0 Å². The van der Waals surface area contributed by atoms with Gasteiger partial charge in [-0.05, 0) is 12.2 Å². The van der Waals surface area contributed by atoms with Crippen molar-refractivity contribution in [1.29, 1.82) is 0 Å². The highest BCUT2D eigenvalue weighted by atomic mass is 32.1. The molecule has 0 aliphatic rings. The topological polar surface area (TPSA) is 75.7 Å². The number of aliphatic hydroxyl groups excluding tert-OH is 1. The van der Waals surface area contributed by atoms with E-state index in [2.05, 4.69) is 17.2 Å². The number of aliphatic imine (C=N–C) groups is 1. The Balaban J connectivity index is 4.11. The van der Waals surface area contributed by atoms with E-state index in [1.165, 1.54) is 0 Å². The summed E-state index contributed by atoms with van der Waals surface area (Å²) in [5, 5.41) is 8.19. The molecule has 0 fully saturated rings. The molecule has 0 bridgehead atoms. The minimum Gasteiger partial charge on any atom is -0.515 e. The Morgan fingerprint density at radius 2 is 2.30 bits per heavy atom. The van der Waals surface area contributed by atoms with Crippen LogP contribution in [0.15, 0.2) is 16.8 Å². The van der Waals surface area contributed by atoms with Crippen molar-refractivity contribution in [2.45, 2.75) is 0 Å². The third-order valence-corrected chi connectivity index (χ3v) is 0.731. The zero-order valence-electron chi connectivity index (χ0n) is 5.02. The van der Waals surface area contributed by atoms with E-state index < -0.39 is 0 Å². The van der Waals surface area contributed by atoms with E-state index in [1.807, 2.05) is 0 Å². The first-order valence-electron chi connectivity index (χ1n) is 2.33. The lowest BCUT2D eigenvalue weighted by Crippen LogP contribution is -2.04. The molecule has 0 rings (SSSR count). The lowest BCUT2D eigenvalue weighted by Gasteiger charge is -1.84. The van der Waals surface area contributed by atoms with E-state index in [9.17, 15) is 4.79 Å². The third kappa shape index (κ3) is 3.73. The quantitative estimate of drug-likeness (QED) is 0.194. The highest BCUT2D eigenvalue weighted by Gasteiger charge is 1.87. The number of hydrogen-bond acceptors (Lipinski definition) is 3. The predicted molar refractivity (Wildman–Crippen MR) is 42.1 cm³/mol. The third-order valence-electron chi connectivity index (χ3n) is 0.626. The molecule has 0 aromatic heterocycles. The molecule has 0 atom stereocenters. The largest absolute Gasteiger partial charge is 0.515 e. The van der Waals surface area contributed by atoms with Gasteiger partial charge in [0.25, 0.3) is 0 Å². The highest BCUT2D eigenvalue weighted by molar-refractivity contribution is 7.80. The van der Waals surface area contributed by atoms with Crippen molar-refractivity contribution in [2.75, 3.05) is 0 Å². The van der Waals surface area contributed by atoms with E-state index in [0.717, 1.165) is 6.21 Å². The van der Waals surface area contributed by atoms with Gasteiger partial charge in [0.2, 0.25) is 0 Å². The molecule has 0 aromatic rings. The van der Waals surface area contributed by atoms with Gasteiger partial charge in [0.15, 0.2) is 11.4 Å². The first-order chi connectivity index (χ1) is 4.70. The fourth-order valence-electron chi connectivity index (χ4n) is 0.232. The molecule has 0 heterocycles. The summed E-state index contributed by atoms with van der Waals surface area (Å²) in [4.78, 5) is 13.3. The molecule has 0 unspecified atom stereocenters. The maximum atomic E-state index is 9.94. The summed E-state index contributed by atoms with van der Waals surface area (Å²) < 4.78 is 0. The smallest absolute Gasteiger partial charge is 0.190 e. The monoisotopic (exact) mass is 158 g/mol. The fraction of sp³-hybridized carbons (Fsp3) is 0. The molecule has 5 heteroatoms. The second-order valence-electron chi connectivity index (χ2n) is 1.34. The van der Waals surface area contributed by atoms with E-state index in [4.69, 9.17) is 10.8 Å². The van der Waals surface area contributed by atoms with Gasteiger partial charge in [-0.15, -0.1) is 0 Å². The summed E-state index contributed by atoms with van der Waals surface area (Å²) in [5.41, 5.74) is 4.98. The molecule has 4 nitrogen and oxygen atoms in total. The summed E-state index contributed by atoms with van der Waals surface area (Å²) in [7, 11) is 0. The number of nitrogens with two attached hydrogens (primary N) is 1. The number of nitrogens with zero attached hydrogens (tertiary/aromatic N) is 1. The minimum atomic E-state index is -0.0822. The number of carbonyl (C=O) groups excluding carboxylic acids is 1. The van der Waals surface area contributed by atoms with Gasteiger partial charge in [-0.25, -0.2) is 4.99 Å². The molecule has 0 saturated carbocycles. The molecule has 0 spiro atoms. The Bertz CT molecular complexity index is 198. The van der Waals surface area contributed by atoms with Crippen molar-refractivity contribution in [3.05, 3.63) is 11.8 Å². The Morgan fingerprint density at radius 1 is 1.70 bits per heavy atom. The standard InChI is InChI=1S/C5H6N2O2S/c6-5(10)7-1-4(2-8)3-9/h1-3,8H,(H2,6,10)/b4-2+,7-1+. The fourth-order valence-corrected chi connectivity index (χ4v) is 0.285. The SMILES string of the molecule is NC(=S)/N=C/C(C=O)=C\O. The lowest BCUT2D eigenvalue weighted by atomic mass is 10.4. The molecule has 0 amide bonds. The van der Waals surface area contributed by atoms with Crippen LogP contribution in [0.25, 0.3) is 0 Å². The Kier molecular flexibility index (Phi) is 4.06. The van der Waals surface area contributed by atoms with Gasteiger partial charge in [0, 0.05) is 6.21 Å². The molecule has 0 saturated heterocycles. The van der Waals surface area contributed by atoms with Crippen molar-refractivity contribution in [1.82, 2.24) is 0 Å². The van der Waals surface area contributed by atoms with E-state index in [-0.39, 0.29) is 10.7 Å². The molecule has 3 N–H and O–H groups in total. The average molecular weight is 158 g/mol. The van der Waals surface area contributed by atoms with Gasteiger partial charge < -0.3 is 10.8 Å². The normalized spacial score (nSPS) is 11.8. The van der Waals surface area contributed by atoms with Crippen LogP contribution in [0.5, 0.6) is 0 Å². The minimum absolute atomic E-state index is 0.0211. The molecule has 0 aliphatic heterocycles. The summed E-state index contributed by atoms with van der Waals surface area (Å²) in [6, 6.07) is 0. The molecular formula is C5H6N2O2S. The van der Waals surface area contributed by atoms with Crippen LogP contribution >= 0.6 is 12.2 Å². The number of allylic oxidation sites excluding steroid dienone is 1. The first kappa shape index (κ1) is 8.77. The number of aldehydes is 1. The van der Waals surface area contributed by atoms with Crippen molar-refractivity contribution < 1.29 is 9.90 Å². The summed E-state index contributed by atoms with van der Waals surface area (Å²) in [6.07, 6.45) is 2.13. The van der Waals surface area contributed by atoms with Crippen LogP contribution in [0.3, 0.4) is 0 Å². The van der Waals surface area contributed by atoms with E-state index >= 15 is 0 Å². The Hall–Kier alpha value is -1.23. The molecule has 0 radical (unpaired) electrons. The zero-order chi connectivity index (χ0) is 7.98. The summed E-state index contributed by atoms with van der Waals surface area (Å²) >= 11 is 4.36. The maximum Gasteiger partial charge on any atom is 0.190 e. The van der Waals surface area contributed by atoms with Crippen LogP contribution in [0.2, 0.25) is 0 Å². The molecule has 54 valence electrons. The highest BCUT2D eigenvalue weighted by Crippen LogP contribution is 1.81. The molecule has 0 aromatic carbocycles. The van der Waals surface area contributed by atoms with Crippen molar-refractivity contribution in [3.63, 3.8) is 0 Å². The number of thiocarbonyl (C=S) groups is 1. The second-order valence-corrected chi connectivity index (χ2v) is 1.76. The number of hydrogen-bond donors (Lipinski definition) is 2. The lowest BCUT2D eigenvalue weighted by molar-refractivity contribution is -0.104. The van der Waals surface area contributed by atoms with E-state index in [1.54, 1.807) is 0 Å². The first-order valence-corrected chi connectivity index (χ1v) is 2.74. The van der Waals surface area contributed by atoms with Crippen LogP contribution in [0, 0.1) is 0 Å². The van der Waals surface area contributed by atoms with Crippen molar-refractivity contribution in [2.24, 2.45) is 10.7 Å². The van der Waals surface area contributed by atoms with Gasteiger partial charge in [-0.1, -0.05) is 0 Å². The summed E-state index contributed by atoms with van der Waals surface area (Å²) in [5.74, 6) is 0. The van der Waals surface area contributed by atoms with Crippen LogP contribution in [0.1, 0.15) is 0 Å². The number of carbonyl (C=O) groups is 1. The van der Waals surface area contributed by atoms with Gasteiger partial charge in [0.05, 0.1) is 11.8 Å². The van der Waals surface area contributed by atoms with Gasteiger partial charge in [0.1, 0.15) is 0 Å². The Labute approximate surface area is 63.1 Å². The predicted octanol–water partition coefficient (Wildman–Crippen LogP) is -0.0584. The second kappa shape index (κ2) is 4.63. The zero-order valence-corrected chi connectivity index (χ0v) is 5.84. The number of aliphatic hydroxyl groups is 1. The van der Waals surface area contributed by atoms with Gasteiger partial charge in [-0.3, -0.25) is 4.79 Å². The summed E-state index contributed by atoms with van der Waals surface area (Å²) in [6.45, 7) is 0. The molecular weight excluding hydrogens is 152 g/mol. The van der Waals surface area contributed by atoms with Gasteiger partial charge >= 0.3 is 0 Å². The molecule has 0 aliphatic carbocycles. The van der Waals surface area contributed by atoms with Gasteiger partial charge in [-0.2, -0.15) is 0 Å².